The molecule has 0 amide bonds. The summed E-state index contributed by atoms with van der Waals surface area (Å²) >= 11 is 0. The molecule has 0 bridgehead atoms. The number of carboxylic acids is 1. The second-order valence-electron chi connectivity index (χ2n) is 6.27. The molecule has 1 saturated heterocycles. The van der Waals surface area contributed by atoms with E-state index >= 15 is 0 Å². The molecule has 3 nitrogen and oxygen atoms in total. The lowest BCUT2D eigenvalue weighted by Crippen LogP contribution is -2.41. The van der Waals surface area contributed by atoms with E-state index in [1.54, 1.807) is 0 Å². The van der Waals surface area contributed by atoms with Crippen LogP contribution in [0.25, 0.3) is 0 Å². The van der Waals surface area contributed by atoms with E-state index in [9.17, 15) is 4.79 Å². The molecule has 3 unspecified atom stereocenters. The fraction of sp³-hybridized carbons (Fsp3) is 0.923. The van der Waals surface area contributed by atoms with Crippen LogP contribution in [0.1, 0.15) is 40.0 Å². The highest BCUT2D eigenvalue weighted by atomic mass is 16.4. The summed E-state index contributed by atoms with van der Waals surface area (Å²) in [5, 5.41) is 9.15. The van der Waals surface area contributed by atoms with Gasteiger partial charge in [0.1, 0.15) is 0 Å². The lowest BCUT2D eigenvalue weighted by atomic mass is 9.86. The molecule has 1 heterocycles. The predicted molar refractivity (Wildman–Crippen MR) is 63.3 cm³/mol. The van der Waals surface area contributed by atoms with Gasteiger partial charge in [-0.15, -0.1) is 0 Å². The molecule has 2 aliphatic rings. The Morgan fingerprint density at radius 2 is 2.06 bits per heavy atom. The van der Waals surface area contributed by atoms with E-state index in [0.29, 0.717) is 17.4 Å². The van der Waals surface area contributed by atoms with Crippen molar-refractivity contribution in [3.8, 4) is 0 Å². The van der Waals surface area contributed by atoms with E-state index in [-0.39, 0.29) is 5.92 Å². The highest BCUT2D eigenvalue weighted by Crippen LogP contribution is 2.42. The van der Waals surface area contributed by atoms with Crippen molar-refractivity contribution in [3.63, 3.8) is 0 Å². The number of nitrogens with zero attached hydrogens (tertiary/aromatic N) is 1. The summed E-state index contributed by atoms with van der Waals surface area (Å²) in [4.78, 5) is 13.5. The van der Waals surface area contributed by atoms with Crippen LogP contribution in [0, 0.1) is 17.3 Å². The third-order valence-corrected chi connectivity index (χ3v) is 4.60. The minimum atomic E-state index is -0.620. The second kappa shape index (κ2) is 4.02. The minimum absolute atomic E-state index is 0.156. The molecular weight excluding hydrogens is 202 g/mol. The van der Waals surface area contributed by atoms with Crippen LogP contribution in [-0.4, -0.2) is 35.1 Å². The van der Waals surface area contributed by atoms with Crippen molar-refractivity contribution >= 4 is 5.97 Å². The van der Waals surface area contributed by atoms with Crippen molar-refractivity contribution < 1.29 is 9.90 Å². The molecule has 0 aromatic carbocycles. The Kier molecular flexibility index (Phi) is 2.99. The largest absolute Gasteiger partial charge is 0.481 e. The Balaban J connectivity index is 2.05. The second-order valence-corrected chi connectivity index (χ2v) is 6.27. The summed E-state index contributed by atoms with van der Waals surface area (Å²) in [5.74, 6) is -0.476. The van der Waals surface area contributed by atoms with E-state index in [1.807, 2.05) is 0 Å². The standard InChI is InChI=1S/C13H23NO2/c1-9-7-14(8-10(9)12(15)16)11-5-4-6-13(11,2)3/h9-11H,4-8H2,1-3H3,(H,15,16). The first-order valence-electron chi connectivity index (χ1n) is 6.38. The molecule has 3 atom stereocenters. The molecule has 1 aliphatic heterocycles. The molecule has 0 aromatic heterocycles. The van der Waals surface area contributed by atoms with Gasteiger partial charge in [-0.25, -0.2) is 0 Å². The molecule has 2 fully saturated rings. The highest BCUT2D eigenvalue weighted by molar-refractivity contribution is 5.71. The number of hydrogen-bond acceptors (Lipinski definition) is 2. The Hall–Kier alpha value is -0.570. The molecule has 0 radical (unpaired) electrons. The van der Waals surface area contributed by atoms with E-state index in [0.717, 1.165) is 13.1 Å². The smallest absolute Gasteiger partial charge is 0.308 e. The van der Waals surface area contributed by atoms with E-state index in [1.165, 1.54) is 19.3 Å². The van der Waals surface area contributed by atoms with Crippen molar-refractivity contribution in [3.05, 3.63) is 0 Å². The van der Waals surface area contributed by atoms with Gasteiger partial charge in [0.05, 0.1) is 5.92 Å². The summed E-state index contributed by atoms with van der Waals surface area (Å²) in [6, 6.07) is 0.597. The van der Waals surface area contributed by atoms with Crippen molar-refractivity contribution in [2.45, 2.75) is 46.1 Å². The van der Waals surface area contributed by atoms with Crippen LogP contribution in [0.5, 0.6) is 0 Å². The summed E-state index contributed by atoms with van der Waals surface area (Å²) < 4.78 is 0. The fourth-order valence-electron chi connectivity index (χ4n) is 3.57. The van der Waals surface area contributed by atoms with Crippen molar-refractivity contribution in [1.29, 1.82) is 0 Å². The summed E-state index contributed by atoms with van der Waals surface area (Å²) in [6.45, 7) is 8.43. The zero-order chi connectivity index (χ0) is 11.9. The number of hydrogen-bond donors (Lipinski definition) is 1. The van der Waals surface area contributed by atoms with Crippen molar-refractivity contribution in [1.82, 2.24) is 4.90 Å². The van der Waals surface area contributed by atoms with Crippen LogP contribution in [0.2, 0.25) is 0 Å². The Labute approximate surface area is 97.8 Å². The Morgan fingerprint density at radius 1 is 1.38 bits per heavy atom. The van der Waals surface area contributed by atoms with Gasteiger partial charge in [0.25, 0.3) is 0 Å². The average molecular weight is 225 g/mol. The fourth-order valence-corrected chi connectivity index (χ4v) is 3.57. The molecule has 2 rings (SSSR count). The SMILES string of the molecule is CC1CN(C2CCCC2(C)C)CC1C(=O)O. The zero-order valence-electron chi connectivity index (χ0n) is 10.6. The van der Waals surface area contributed by atoms with Gasteiger partial charge in [0.15, 0.2) is 0 Å². The van der Waals surface area contributed by atoms with E-state index in [2.05, 4.69) is 25.7 Å². The van der Waals surface area contributed by atoms with Gasteiger partial charge < -0.3 is 5.11 Å². The number of carboxylic acid groups (broad SMARTS) is 1. The molecule has 16 heavy (non-hydrogen) atoms. The zero-order valence-corrected chi connectivity index (χ0v) is 10.6. The van der Waals surface area contributed by atoms with Crippen LogP contribution < -0.4 is 0 Å². The van der Waals surface area contributed by atoms with Crippen LogP contribution in [0.15, 0.2) is 0 Å². The normalized spacial score (nSPS) is 39.1. The average Bonchev–Trinajstić information content (AvgIpc) is 2.68. The number of carbonyl (C=O) groups is 1. The number of aliphatic carboxylic acids is 1. The van der Waals surface area contributed by atoms with Crippen LogP contribution >= 0.6 is 0 Å². The number of rotatable bonds is 2. The molecule has 0 spiro atoms. The lowest BCUT2D eigenvalue weighted by molar-refractivity contribution is -0.142. The molecule has 3 heteroatoms. The third-order valence-electron chi connectivity index (χ3n) is 4.60. The first kappa shape index (κ1) is 11.9. The van der Waals surface area contributed by atoms with Gasteiger partial charge in [0, 0.05) is 19.1 Å². The minimum Gasteiger partial charge on any atom is -0.481 e. The monoisotopic (exact) mass is 225 g/mol. The quantitative estimate of drug-likeness (QED) is 0.783. The molecular formula is C13H23NO2. The van der Waals surface area contributed by atoms with Gasteiger partial charge in [0.2, 0.25) is 0 Å². The van der Waals surface area contributed by atoms with Gasteiger partial charge >= 0.3 is 5.97 Å². The maximum absolute atomic E-state index is 11.1. The van der Waals surface area contributed by atoms with E-state index < -0.39 is 5.97 Å². The lowest BCUT2D eigenvalue weighted by Gasteiger charge is -2.35. The summed E-state index contributed by atoms with van der Waals surface area (Å²) in [6.07, 6.45) is 3.81. The van der Waals surface area contributed by atoms with Gasteiger partial charge in [-0.2, -0.15) is 0 Å². The predicted octanol–water partition coefficient (Wildman–Crippen LogP) is 2.22. The van der Waals surface area contributed by atoms with Crippen molar-refractivity contribution in [2.75, 3.05) is 13.1 Å². The van der Waals surface area contributed by atoms with Gasteiger partial charge in [-0.3, -0.25) is 9.69 Å². The Morgan fingerprint density at radius 3 is 2.50 bits per heavy atom. The first-order chi connectivity index (χ1) is 7.42. The third kappa shape index (κ3) is 1.97. The van der Waals surface area contributed by atoms with Gasteiger partial charge in [-0.1, -0.05) is 27.2 Å². The van der Waals surface area contributed by atoms with Gasteiger partial charge in [-0.05, 0) is 24.2 Å². The summed E-state index contributed by atoms with van der Waals surface area (Å²) in [5.41, 5.74) is 0.368. The maximum Gasteiger partial charge on any atom is 0.308 e. The summed E-state index contributed by atoms with van der Waals surface area (Å²) in [7, 11) is 0. The maximum atomic E-state index is 11.1. The first-order valence-corrected chi connectivity index (χ1v) is 6.38. The van der Waals surface area contributed by atoms with Crippen LogP contribution in [-0.2, 0) is 4.79 Å². The molecule has 1 aliphatic carbocycles. The molecule has 1 N–H and O–H groups in total. The van der Waals surface area contributed by atoms with Crippen LogP contribution in [0.4, 0.5) is 0 Å². The highest BCUT2D eigenvalue weighted by Gasteiger charge is 2.44. The number of likely N-dealkylation sites (tertiary alicyclic amines) is 1. The Bertz CT molecular complexity index is 288. The molecule has 1 saturated carbocycles. The van der Waals surface area contributed by atoms with Crippen LogP contribution in [0.3, 0.4) is 0 Å². The molecule has 92 valence electrons. The topological polar surface area (TPSA) is 40.5 Å². The van der Waals surface area contributed by atoms with E-state index in [4.69, 9.17) is 5.11 Å². The van der Waals surface area contributed by atoms with Crippen molar-refractivity contribution in [2.24, 2.45) is 17.3 Å². The molecule has 0 aromatic rings.